The minimum absolute atomic E-state index is 0.0724. The van der Waals surface area contributed by atoms with Crippen molar-refractivity contribution in [2.45, 2.75) is 79.1 Å². The maximum atomic E-state index is 13.5. The van der Waals surface area contributed by atoms with E-state index in [1.165, 1.54) is 4.90 Å². The maximum Gasteiger partial charge on any atom is 0.243 e. The Bertz CT molecular complexity index is 1060. The van der Waals surface area contributed by atoms with Crippen LogP contribution in [0.15, 0.2) is 34.8 Å². The molecule has 7 nitrogen and oxygen atoms in total. The highest BCUT2D eigenvalue weighted by atomic mass is 32.1. The fourth-order valence-electron chi connectivity index (χ4n) is 4.30. The van der Waals surface area contributed by atoms with Crippen molar-refractivity contribution in [1.29, 1.82) is 0 Å². The maximum absolute atomic E-state index is 13.5. The highest BCUT2D eigenvalue weighted by molar-refractivity contribution is 7.13. The number of rotatable bonds is 7. The lowest BCUT2D eigenvalue weighted by Crippen LogP contribution is -2.50. The van der Waals surface area contributed by atoms with E-state index < -0.39 is 18.1 Å². The van der Waals surface area contributed by atoms with E-state index in [0.717, 1.165) is 21.7 Å². The van der Waals surface area contributed by atoms with E-state index in [2.05, 4.69) is 15.3 Å². The van der Waals surface area contributed by atoms with Gasteiger partial charge in [-0.15, -0.1) is 11.3 Å². The first-order valence-corrected chi connectivity index (χ1v) is 13.1. The van der Waals surface area contributed by atoms with E-state index in [1.807, 2.05) is 78.2 Å². The van der Waals surface area contributed by atoms with E-state index in [-0.39, 0.29) is 42.3 Å². The molecule has 8 heteroatoms. The molecule has 4 atom stereocenters. The standard InChI is InChI=1S/C27H38N4O3S/c1-16(2)28-13-22(27(5,6)7)26(34)31-14-21(32)12-23(31)25(33)30-17(3)19-8-10-20(11-9-19)24-18(4)29-15-35-24/h8-11,13,15-17,21-23,32H,12,14H2,1-7H3,(H,30,33)/b28-13-/t17-,21+,22?,23-/m0/s1. The molecule has 1 aromatic heterocycles. The number of aliphatic hydroxyl groups is 1. The number of aromatic nitrogens is 1. The molecule has 190 valence electrons. The summed E-state index contributed by atoms with van der Waals surface area (Å²) in [5, 5.41) is 13.4. The molecule has 2 N–H and O–H groups in total. The van der Waals surface area contributed by atoms with E-state index in [4.69, 9.17) is 0 Å². The lowest BCUT2D eigenvalue weighted by molar-refractivity contribution is -0.142. The van der Waals surface area contributed by atoms with Gasteiger partial charge in [-0.3, -0.25) is 14.6 Å². The van der Waals surface area contributed by atoms with Gasteiger partial charge in [0.2, 0.25) is 11.8 Å². The summed E-state index contributed by atoms with van der Waals surface area (Å²) in [6.07, 6.45) is 1.21. The van der Waals surface area contributed by atoms with Gasteiger partial charge in [-0.2, -0.15) is 0 Å². The zero-order valence-electron chi connectivity index (χ0n) is 21.8. The van der Waals surface area contributed by atoms with Crippen LogP contribution in [0.5, 0.6) is 0 Å². The number of aliphatic imine (C=N–C) groups is 1. The van der Waals surface area contributed by atoms with Gasteiger partial charge in [-0.1, -0.05) is 45.0 Å². The Morgan fingerprint density at radius 3 is 2.43 bits per heavy atom. The molecule has 2 heterocycles. The third kappa shape index (κ3) is 6.55. The summed E-state index contributed by atoms with van der Waals surface area (Å²) in [6, 6.07) is 7.20. The molecule has 3 rings (SSSR count). The lowest BCUT2D eigenvalue weighted by Gasteiger charge is -2.33. The van der Waals surface area contributed by atoms with Crippen LogP contribution in [0.1, 0.15) is 65.3 Å². The summed E-state index contributed by atoms with van der Waals surface area (Å²) in [4.78, 5) is 38.2. The fourth-order valence-corrected chi connectivity index (χ4v) is 5.11. The van der Waals surface area contributed by atoms with Crippen LogP contribution in [0, 0.1) is 18.3 Å². The number of amides is 2. The summed E-state index contributed by atoms with van der Waals surface area (Å²) in [5.74, 6) is -0.903. The molecular weight excluding hydrogens is 460 g/mol. The molecule has 0 aliphatic carbocycles. The van der Waals surface area contributed by atoms with E-state index in [1.54, 1.807) is 17.6 Å². The Labute approximate surface area is 212 Å². The molecule has 1 unspecified atom stereocenters. The van der Waals surface area contributed by atoms with Gasteiger partial charge in [0.1, 0.15) is 6.04 Å². The van der Waals surface area contributed by atoms with Crippen LogP contribution in [0.25, 0.3) is 10.4 Å². The van der Waals surface area contributed by atoms with E-state index in [0.29, 0.717) is 0 Å². The first-order valence-electron chi connectivity index (χ1n) is 12.2. The molecule has 1 aliphatic rings. The Hall–Kier alpha value is -2.58. The lowest BCUT2D eigenvalue weighted by atomic mass is 9.80. The molecule has 1 saturated heterocycles. The highest BCUT2D eigenvalue weighted by Crippen LogP contribution is 2.31. The van der Waals surface area contributed by atoms with E-state index >= 15 is 0 Å². The number of β-amino-alcohol motifs (C(OH)–C–C–N with tert-alkyl or cyclic N) is 1. The van der Waals surface area contributed by atoms with Crippen LogP contribution in [0.3, 0.4) is 0 Å². The number of hydrogen-bond donors (Lipinski definition) is 2. The highest BCUT2D eigenvalue weighted by Gasteiger charge is 2.43. The largest absolute Gasteiger partial charge is 0.391 e. The van der Waals surface area contributed by atoms with Gasteiger partial charge in [-0.05, 0) is 44.2 Å². The number of carbonyl (C=O) groups excluding carboxylic acids is 2. The van der Waals surface area contributed by atoms with Gasteiger partial charge in [0.15, 0.2) is 0 Å². The Morgan fingerprint density at radius 2 is 1.89 bits per heavy atom. The minimum Gasteiger partial charge on any atom is -0.391 e. The van der Waals surface area contributed by atoms with Crippen LogP contribution in [0.4, 0.5) is 0 Å². The number of aryl methyl sites for hydroxylation is 1. The number of likely N-dealkylation sites (tertiary alicyclic amines) is 1. The molecule has 0 spiro atoms. The van der Waals surface area contributed by atoms with Crippen LogP contribution in [-0.2, 0) is 9.59 Å². The monoisotopic (exact) mass is 498 g/mol. The average Bonchev–Trinajstić information content (AvgIpc) is 3.38. The van der Waals surface area contributed by atoms with Gasteiger partial charge in [-0.25, -0.2) is 4.98 Å². The van der Waals surface area contributed by atoms with Gasteiger partial charge >= 0.3 is 0 Å². The molecule has 0 saturated carbocycles. The minimum atomic E-state index is -0.727. The summed E-state index contributed by atoms with van der Waals surface area (Å²) in [7, 11) is 0. The number of thiazole rings is 1. The summed E-state index contributed by atoms with van der Waals surface area (Å²) < 4.78 is 0. The number of nitrogens with zero attached hydrogens (tertiary/aromatic N) is 3. The third-order valence-electron chi connectivity index (χ3n) is 6.37. The average molecular weight is 499 g/mol. The number of benzene rings is 1. The Balaban J connectivity index is 1.73. The normalized spacial score (nSPS) is 20.4. The van der Waals surface area contributed by atoms with Crippen LogP contribution < -0.4 is 5.32 Å². The number of nitrogens with one attached hydrogen (secondary N) is 1. The first kappa shape index (κ1) is 27.0. The molecule has 35 heavy (non-hydrogen) atoms. The van der Waals surface area contributed by atoms with Crippen LogP contribution >= 0.6 is 11.3 Å². The van der Waals surface area contributed by atoms with Gasteiger partial charge < -0.3 is 15.3 Å². The molecule has 1 fully saturated rings. The molecule has 1 aliphatic heterocycles. The quantitative estimate of drug-likeness (QED) is 0.553. The molecular formula is C27H38N4O3S. The second-order valence-electron chi connectivity index (χ2n) is 10.8. The summed E-state index contributed by atoms with van der Waals surface area (Å²) in [6.45, 7) is 14.0. The van der Waals surface area contributed by atoms with Crippen molar-refractivity contribution in [2.75, 3.05) is 6.54 Å². The van der Waals surface area contributed by atoms with Crippen molar-refractivity contribution in [3.8, 4) is 10.4 Å². The number of hydrogen-bond acceptors (Lipinski definition) is 6. The van der Waals surface area contributed by atoms with Gasteiger partial charge in [0.25, 0.3) is 0 Å². The summed E-state index contributed by atoms with van der Waals surface area (Å²) >= 11 is 1.60. The Morgan fingerprint density at radius 1 is 1.23 bits per heavy atom. The SMILES string of the molecule is Cc1ncsc1-c1ccc([C@H](C)NC(=O)[C@@H]2C[C@@H](O)CN2C(=O)C(/C=N\C(C)C)C(C)(C)C)cc1. The van der Waals surface area contributed by atoms with Crippen molar-refractivity contribution >= 4 is 29.4 Å². The van der Waals surface area contributed by atoms with Crippen molar-refractivity contribution in [3.63, 3.8) is 0 Å². The molecule has 0 bridgehead atoms. The predicted octanol–water partition coefficient (Wildman–Crippen LogP) is 4.40. The zero-order chi connectivity index (χ0) is 25.9. The molecule has 2 amide bonds. The van der Waals surface area contributed by atoms with Crippen LogP contribution in [0.2, 0.25) is 0 Å². The van der Waals surface area contributed by atoms with Crippen molar-refractivity contribution in [1.82, 2.24) is 15.2 Å². The molecule has 2 aromatic rings. The smallest absolute Gasteiger partial charge is 0.243 e. The first-order chi connectivity index (χ1) is 16.4. The number of carbonyl (C=O) groups is 2. The van der Waals surface area contributed by atoms with Crippen molar-refractivity contribution < 1.29 is 14.7 Å². The zero-order valence-corrected chi connectivity index (χ0v) is 22.6. The van der Waals surface area contributed by atoms with Crippen LogP contribution in [-0.4, -0.2) is 57.8 Å². The van der Waals surface area contributed by atoms with Crippen molar-refractivity contribution in [3.05, 3.63) is 41.0 Å². The fraction of sp³-hybridized carbons (Fsp3) is 0.556. The second-order valence-corrected chi connectivity index (χ2v) is 11.6. The Kier molecular flexibility index (Phi) is 8.49. The molecule has 0 radical (unpaired) electrons. The third-order valence-corrected chi connectivity index (χ3v) is 7.35. The topological polar surface area (TPSA) is 94.9 Å². The van der Waals surface area contributed by atoms with Gasteiger partial charge in [0.05, 0.1) is 34.1 Å². The predicted molar refractivity (Wildman–Crippen MR) is 142 cm³/mol. The van der Waals surface area contributed by atoms with Gasteiger partial charge in [0, 0.05) is 25.2 Å². The summed E-state index contributed by atoms with van der Waals surface area (Å²) in [5.41, 5.74) is 4.54. The second kappa shape index (κ2) is 11.0. The number of aliphatic hydroxyl groups excluding tert-OH is 1. The van der Waals surface area contributed by atoms with E-state index in [9.17, 15) is 14.7 Å². The molecule has 1 aromatic carbocycles. The van der Waals surface area contributed by atoms with Crippen molar-refractivity contribution in [2.24, 2.45) is 16.3 Å².